The zero-order valence-electron chi connectivity index (χ0n) is 9.55. The summed E-state index contributed by atoms with van der Waals surface area (Å²) in [6.07, 6.45) is 5.17. The monoisotopic (exact) mass is 258 g/mol. The van der Waals surface area contributed by atoms with Crippen LogP contribution in [-0.2, 0) is 6.54 Å². The molecule has 2 N–H and O–H groups in total. The predicted octanol–water partition coefficient (Wildman–Crippen LogP) is 2.72. The summed E-state index contributed by atoms with van der Waals surface area (Å²) in [5.74, 6) is 0. The number of nitrogens with two attached hydrogens (primary N) is 1. The van der Waals surface area contributed by atoms with Gasteiger partial charge in [0.25, 0.3) is 0 Å². The molecule has 0 unspecified atom stereocenters. The average Bonchev–Trinajstić information content (AvgIpc) is 2.79. The van der Waals surface area contributed by atoms with Crippen LogP contribution < -0.4 is 5.73 Å². The van der Waals surface area contributed by atoms with Gasteiger partial charge in [0.15, 0.2) is 0 Å². The fourth-order valence-corrected chi connectivity index (χ4v) is 2.14. The van der Waals surface area contributed by atoms with Crippen LogP contribution in [0.3, 0.4) is 0 Å². The maximum Gasteiger partial charge on any atom is 0.0785 e. The normalized spacial score (nSPS) is 10.9. The number of rotatable bonds is 2. The van der Waals surface area contributed by atoms with Crippen molar-refractivity contribution < 1.29 is 0 Å². The van der Waals surface area contributed by atoms with Crippen LogP contribution in [0.5, 0.6) is 0 Å². The molecule has 1 aromatic carbocycles. The molecule has 4 nitrogen and oxygen atoms in total. The largest absolute Gasteiger partial charge is 0.398 e. The van der Waals surface area contributed by atoms with Crippen molar-refractivity contribution in [2.24, 2.45) is 0 Å². The molecule has 0 spiro atoms. The zero-order valence-corrected chi connectivity index (χ0v) is 10.3. The molecule has 0 bridgehead atoms. The average molecular weight is 259 g/mol. The number of halogens is 1. The van der Waals surface area contributed by atoms with E-state index >= 15 is 0 Å². The summed E-state index contributed by atoms with van der Waals surface area (Å²) < 4.78 is 1.78. The second kappa shape index (κ2) is 4.31. The Morgan fingerprint density at radius 1 is 1.28 bits per heavy atom. The third-order valence-corrected chi connectivity index (χ3v) is 3.02. The van der Waals surface area contributed by atoms with E-state index in [9.17, 15) is 0 Å². The molecule has 0 radical (unpaired) electrons. The number of aromatic nitrogens is 3. The molecule has 0 aliphatic carbocycles. The van der Waals surface area contributed by atoms with Crippen molar-refractivity contribution in [2.75, 3.05) is 5.73 Å². The summed E-state index contributed by atoms with van der Waals surface area (Å²) in [5.41, 5.74) is 8.65. The standard InChI is InChI=1S/C13H11ClN4/c14-10-6-17-18(8-10)7-9-3-4-12(15)11-2-1-5-16-13(9)11/h1-6,8H,7,15H2. The minimum atomic E-state index is 0.626. The van der Waals surface area contributed by atoms with Crippen LogP contribution in [0.1, 0.15) is 5.56 Å². The molecule has 0 aliphatic rings. The van der Waals surface area contributed by atoms with Crippen LogP contribution in [0.25, 0.3) is 10.9 Å². The molecule has 0 saturated heterocycles. The quantitative estimate of drug-likeness (QED) is 0.719. The highest BCUT2D eigenvalue weighted by Gasteiger charge is 2.06. The third kappa shape index (κ3) is 1.91. The van der Waals surface area contributed by atoms with E-state index in [2.05, 4.69) is 10.1 Å². The fraction of sp³-hybridized carbons (Fsp3) is 0.0769. The Balaban J connectivity index is 2.09. The molecule has 0 fully saturated rings. The SMILES string of the molecule is Nc1ccc(Cn2cc(Cl)cn2)c2ncccc12. The van der Waals surface area contributed by atoms with Crippen LogP contribution >= 0.6 is 11.6 Å². The number of benzene rings is 1. The van der Waals surface area contributed by atoms with Crippen molar-refractivity contribution in [1.82, 2.24) is 14.8 Å². The Bertz CT molecular complexity index is 705. The van der Waals surface area contributed by atoms with Crippen molar-refractivity contribution >= 4 is 28.2 Å². The molecule has 3 aromatic rings. The Morgan fingerprint density at radius 2 is 2.17 bits per heavy atom. The van der Waals surface area contributed by atoms with E-state index in [1.54, 1.807) is 23.3 Å². The second-order valence-electron chi connectivity index (χ2n) is 4.07. The fourth-order valence-electron chi connectivity index (χ4n) is 1.98. The molecule has 90 valence electrons. The first-order chi connectivity index (χ1) is 8.74. The molecule has 0 amide bonds. The van der Waals surface area contributed by atoms with Crippen molar-refractivity contribution in [3.8, 4) is 0 Å². The lowest BCUT2D eigenvalue weighted by molar-refractivity contribution is 0.689. The highest BCUT2D eigenvalue weighted by Crippen LogP contribution is 2.23. The van der Waals surface area contributed by atoms with Gasteiger partial charge in [-0.15, -0.1) is 0 Å². The first-order valence-electron chi connectivity index (χ1n) is 5.54. The van der Waals surface area contributed by atoms with Gasteiger partial charge in [-0.05, 0) is 23.8 Å². The number of fused-ring (bicyclic) bond motifs is 1. The number of hydrogen-bond donors (Lipinski definition) is 1. The maximum absolute atomic E-state index is 5.94. The van der Waals surface area contributed by atoms with Gasteiger partial charge < -0.3 is 5.73 Å². The number of pyridine rings is 1. The third-order valence-electron chi connectivity index (χ3n) is 2.82. The van der Waals surface area contributed by atoms with E-state index in [-0.39, 0.29) is 0 Å². The van der Waals surface area contributed by atoms with Crippen molar-refractivity contribution in [3.63, 3.8) is 0 Å². The minimum absolute atomic E-state index is 0.626. The van der Waals surface area contributed by atoms with Gasteiger partial charge >= 0.3 is 0 Å². The molecular formula is C13H11ClN4. The molecule has 0 saturated carbocycles. The maximum atomic E-state index is 5.94. The zero-order chi connectivity index (χ0) is 12.5. The highest BCUT2D eigenvalue weighted by molar-refractivity contribution is 6.30. The molecule has 18 heavy (non-hydrogen) atoms. The summed E-state index contributed by atoms with van der Waals surface area (Å²) in [6.45, 7) is 0.626. The van der Waals surface area contributed by atoms with Crippen molar-refractivity contribution in [1.29, 1.82) is 0 Å². The number of hydrogen-bond acceptors (Lipinski definition) is 3. The predicted molar refractivity (Wildman–Crippen MR) is 72.5 cm³/mol. The lowest BCUT2D eigenvalue weighted by Crippen LogP contribution is -2.02. The van der Waals surface area contributed by atoms with Gasteiger partial charge in [-0.2, -0.15) is 5.10 Å². The van der Waals surface area contributed by atoms with Crippen LogP contribution in [0, 0.1) is 0 Å². The van der Waals surface area contributed by atoms with Crippen molar-refractivity contribution in [3.05, 3.63) is 53.4 Å². The van der Waals surface area contributed by atoms with Gasteiger partial charge in [0, 0.05) is 23.5 Å². The summed E-state index contributed by atoms with van der Waals surface area (Å²) >= 11 is 5.85. The molecular weight excluding hydrogens is 248 g/mol. The first-order valence-corrected chi connectivity index (χ1v) is 5.92. The highest BCUT2D eigenvalue weighted by atomic mass is 35.5. The minimum Gasteiger partial charge on any atom is -0.398 e. The summed E-state index contributed by atoms with van der Waals surface area (Å²) in [5, 5.41) is 5.76. The van der Waals surface area contributed by atoms with Gasteiger partial charge in [0.1, 0.15) is 0 Å². The number of anilines is 1. The van der Waals surface area contributed by atoms with E-state index in [1.165, 1.54) is 0 Å². The van der Waals surface area contributed by atoms with Crippen LogP contribution in [0.15, 0.2) is 42.9 Å². The molecule has 0 atom stereocenters. The lowest BCUT2D eigenvalue weighted by atomic mass is 10.1. The second-order valence-corrected chi connectivity index (χ2v) is 4.51. The first kappa shape index (κ1) is 11.0. The summed E-state index contributed by atoms with van der Waals surface area (Å²) in [7, 11) is 0. The van der Waals surface area contributed by atoms with Gasteiger partial charge in [0.2, 0.25) is 0 Å². The van der Waals surface area contributed by atoms with E-state index < -0.39 is 0 Å². The smallest absolute Gasteiger partial charge is 0.0785 e. The molecule has 2 aromatic heterocycles. The Labute approximate surface area is 109 Å². The molecule has 5 heteroatoms. The van der Waals surface area contributed by atoms with Crippen LogP contribution in [-0.4, -0.2) is 14.8 Å². The van der Waals surface area contributed by atoms with Gasteiger partial charge in [-0.25, -0.2) is 0 Å². The van der Waals surface area contributed by atoms with E-state index in [4.69, 9.17) is 17.3 Å². The number of nitrogen functional groups attached to an aromatic ring is 1. The molecule has 0 aliphatic heterocycles. The summed E-state index contributed by atoms with van der Waals surface area (Å²) in [4.78, 5) is 4.39. The Hall–Kier alpha value is -2.07. The number of nitrogens with zero attached hydrogens (tertiary/aromatic N) is 3. The summed E-state index contributed by atoms with van der Waals surface area (Å²) in [6, 6.07) is 7.72. The van der Waals surface area contributed by atoms with Crippen LogP contribution in [0.4, 0.5) is 5.69 Å². The van der Waals surface area contributed by atoms with Gasteiger partial charge in [-0.1, -0.05) is 17.7 Å². The van der Waals surface area contributed by atoms with Gasteiger partial charge in [0.05, 0.1) is 23.3 Å². The van der Waals surface area contributed by atoms with Crippen molar-refractivity contribution in [2.45, 2.75) is 6.54 Å². The van der Waals surface area contributed by atoms with E-state index in [1.807, 2.05) is 24.3 Å². The topological polar surface area (TPSA) is 56.7 Å². The lowest BCUT2D eigenvalue weighted by Gasteiger charge is -2.07. The Kier molecular flexibility index (Phi) is 2.64. The van der Waals surface area contributed by atoms with Crippen LogP contribution in [0.2, 0.25) is 5.02 Å². The van der Waals surface area contributed by atoms with E-state index in [0.717, 1.165) is 22.2 Å². The van der Waals surface area contributed by atoms with Gasteiger partial charge in [-0.3, -0.25) is 9.67 Å². The molecule has 2 heterocycles. The molecule has 3 rings (SSSR count). The van der Waals surface area contributed by atoms with E-state index in [0.29, 0.717) is 11.6 Å². The Morgan fingerprint density at radius 3 is 2.94 bits per heavy atom.